The zero-order valence-corrected chi connectivity index (χ0v) is 12.7. The van der Waals surface area contributed by atoms with Gasteiger partial charge in [0.15, 0.2) is 0 Å². The second kappa shape index (κ2) is 7.29. The lowest BCUT2D eigenvalue weighted by Crippen LogP contribution is -2.27. The maximum atomic E-state index is 5.76. The molecule has 0 saturated heterocycles. The summed E-state index contributed by atoms with van der Waals surface area (Å²) in [5.41, 5.74) is 2.31. The second-order valence-electron chi connectivity index (χ2n) is 4.62. The Kier molecular flexibility index (Phi) is 5.40. The average molecular weight is 274 g/mol. The van der Waals surface area contributed by atoms with Crippen molar-refractivity contribution in [2.45, 2.75) is 13.8 Å². The smallest absolute Gasteiger partial charge is 0.475 e. The normalized spacial score (nSPS) is 17.6. The van der Waals surface area contributed by atoms with Crippen molar-refractivity contribution in [2.75, 3.05) is 13.2 Å². The van der Waals surface area contributed by atoms with Crippen LogP contribution in [-0.2, 0) is 8.85 Å². The molecule has 2 rings (SSSR count). The summed E-state index contributed by atoms with van der Waals surface area (Å²) in [6, 6.07) is 0. The molecule has 0 N–H and O–H groups in total. The largest absolute Gasteiger partial charge is 0.524 e. The third kappa shape index (κ3) is 3.80. The zero-order valence-electron chi connectivity index (χ0n) is 11.7. The molecule has 0 bridgehead atoms. The van der Waals surface area contributed by atoms with Gasteiger partial charge in [0, 0.05) is 11.8 Å². The summed E-state index contributed by atoms with van der Waals surface area (Å²) in [4.78, 5) is 0. The highest BCUT2D eigenvalue weighted by molar-refractivity contribution is 6.54. The zero-order chi connectivity index (χ0) is 13.5. The lowest BCUT2D eigenvalue weighted by Gasteiger charge is -2.22. The van der Waals surface area contributed by atoms with Crippen LogP contribution in [-0.4, -0.2) is 27.8 Å². The second-order valence-corrected chi connectivity index (χ2v) is 6.17. The van der Waals surface area contributed by atoms with Gasteiger partial charge in [0.05, 0.1) is 13.2 Å². The summed E-state index contributed by atoms with van der Waals surface area (Å²) in [5.74, 6) is 1.34. The predicted molar refractivity (Wildman–Crippen MR) is 82.1 cm³/mol. The number of allylic oxidation sites excluding steroid dienone is 8. The third-order valence-corrected chi connectivity index (χ3v) is 5.15. The molecule has 0 aromatic carbocycles. The van der Waals surface area contributed by atoms with E-state index in [0.29, 0.717) is 31.0 Å². The molecule has 0 atom stereocenters. The van der Waals surface area contributed by atoms with Crippen LogP contribution in [0.4, 0.5) is 0 Å². The van der Waals surface area contributed by atoms with E-state index in [9.17, 15) is 0 Å². The molecule has 2 aliphatic rings. The molecular weight excluding hydrogens is 252 g/mol. The fraction of sp³-hybridized carbons (Fsp3) is 0.438. The molecule has 0 heterocycles. The van der Waals surface area contributed by atoms with E-state index in [0.717, 1.165) is 0 Å². The van der Waals surface area contributed by atoms with Gasteiger partial charge in [-0.25, -0.2) is 0 Å². The first-order chi connectivity index (χ1) is 9.35. The fourth-order valence-electron chi connectivity index (χ4n) is 2.47. The number of rotatable bonds is 7. The summed E-state index contributed by atoms with van der Waals surface area (Å²) in [5, 5.41) is 0. The van der Waals surface area contributed by atoms with Crippen LogP contribution in [0, 0.1) is 17.8 Å². The monoisotopic (exact) mass is 274 g/mol. The highest BCUT2D eigenvalue weighted by atomic mass is 28.3. The number of hydrogen-bond acceptors (Lipinski definition) is 2. The maximum absolute atomic E-state index is 5.76. The van der Waals surface area contributed by atoms with E-state index in [1.165, 1.54) is 0 Å². The summed E-state index contributed by atoms with van der Waals surface area (Å²) >= 11 is 0. The Morgan fingerprint density at radius 2 is 1.32 bits per heavy atom. The van der Waals surface area contributed by atoms with Gasteiger partial charge in [-0.2, -0.15) is 0 Å². The van der Waals surface area contributed by atoms with Crippen LogP contribution < -0.4 is 0 Å². The molecule has 0 saturated carbocycles. The van der Waals surface area contributed by atoms with Gasteiger partial charge < -0.3 is 8.85 Å². The minimum Gasteiger partial charge on any atom is -0.524 e. The SMILES string of the molecule is CCO[Si](=CC(C1C=CC=C1)C1C=CC=C1)OCC. The Labute approximate surface area is 117 Å². The Morgan fingerprint density at radius 1 is 0.895 bits per heavy atom. The minimum atomic E-state index is -1.28. The van der Waals surface area contributed by atoms with Crippen LogP contribution in [0.1, 0.15) is 13.8 Å². The van der Waals surface area contributed by atoms with Crippen LogP contribution in [0.2, 0.25) is 0 Å². The van der Waals surface area contributed by atoms with Crippen molar-refractivity contribution in [3.63, 3.8) is 0 Å². The van der Waals surface area contributed by atoms with E-state index in [1.807, 2.05) is 13.8 Å². The number of hydrogen-bond donors (Lipinski definition) is 0. The first kappa shape index (κ1) is 14.1. The van der Waals surface area contributed by atoms with Crippen molar-refractivity contribution in [1.82, 2.24) is 0 Å². The van der Waals surface area contributed by atoms with Gasteiger partial charge in [0.1, 0.15) is 0 Å². The van der Waals surface area contributed by atoms with E-state index in [-0.39, 0.29) is 0 Å². The first-order valence-corrected chi connectivity index (χ1v) is 8.42. The minimum absolute atomic E-state index is 0.428. The highest BCUT2D eigenvalue weighted by Crippen LogP contribution is 2.29. The molecule has 0 spiro atoms. The Bertz CT molecular complexity index is 372. The maximum Gasteiger partial charge on any atom is 0.475 e. The molecule has 0 fully saturated rings. The van der Waals surface area contributed by atoms with Crippen LogP contribution in [0.3, 0.4) is 0 Å². The van der Waals surface area contributed by atoms with Crippen molar-refractivity contribution in [1.29, 1.82) is 0 Å². The van der Waals surface area contributed by atoms with Gasteiger partial charge in [-0.3, -0.25) is 0 Å². The summed E-state index contributed by atoms with van der Waals surface area (Å²) < 4.78 is 11.5. The third-order valence-electron chi connectivity index (χ3n) is 3.35. The summed E-state index contributed by atoms with van der Waals surface area (Å²) in [6.45, 7) is 5.48. The van der Waals surface area contributed by atoms with Gasteiger partial charge in [-0.05, 0) is 25.4 Å². The summed E-state index contributed by atoms with van der Waals surface area (Å²) in [6.07, 6.45) is 17.6. The summed E-state index contributed by atoms with van der Waals surface area (Å²) in [7, 11) is -1.28. The van der Waals surface area contributed by atoms with E-state index in [4.69, 9.17) is 8.85 Å². The van der Waals surface area contributed by atoms with E-state index < -0.39 is 8.90 Å². The van der Waals surface area contributed by atoms with Crippen LogP contribution in [0.5, 0.6) is 0 Å². The van der Waals surface area contributed by atoms with Crippen molar-refractivity contribution in [3.8, 4) is 0 Å². The van der Waals surface area contributed by atoms with E-state index >= 15 is 0 Å². The molecule has 0 amide bonds. The van der Waals surface area contributed by atoms with Gasteiger partial charge >= 0.3 is 8.90 Å². The van der Waals surface area contributed by atoms with Crippen molar-refractivity contribution < 1.29 is 8.85 Å². The highest BCUT2D eigenvalue weighted by Gasteiger charge is 2.25. The standard InChI is InChI=1S/C16H22O2Si/c1-3-17-19(18-4-2)13-16(14-9-5-6-10-14)15-11-7-8-12-15/h5-16H,3-4H2,1-2H3. The molecule has 0 aromatic rings. The van der Waals surface area contributed by atoms with Gasteiger partial charge in [0.2, 0.25) is 0 Å². The lowest BCUT2D eigenvalue weighted by molar-refractivity contribution is 0.234. The fourth-order valence-corrected chi connectivity index (χ4v) is 4.07. The average Bonchev–Trinajstić information content (AvgIpc) is 3.09. The van der Waals surface area contributed by atoms with Gasteiger partial charge in [-0.15, -0.1) is 0 Å². The van der Waals surface area contributed by atoms with Gasteiger partial charge in [-0.1, -0.05) is 48.6 Å². The Balaban J connectivity index is 2.18. The Hall–Kier alpha value is -1.35. The van der Waals surface area contributed by atoms with Crippen LogP contribution in [0.15, 0.2) is 48.6 Å². The van der Waals surface area contributed by atoms with E-state index in [1.54, 1.807) is 0 Å². The first-order valence-electron chi connectivity index (χ1n) is 7.02. The van der Waals surface area contributed by atoms with E-state index in [2.05, 4.69) is 54.3 Å². The molecule has 0 radical (unpaired) electrons. The molecule has 3 heteroatoms. The molecule has 0 unspecified atom stereocenters. The van der Waals surface area contributed by atoms with Gasteiger partial charge in [0.25, 0.3) is 0 Å². The molecular formula is C16H22O2Si. The predicted octanol–water partition coefficient (Wildman–Crippen LogP) is 3.03. The Morgan fingerprint density at radius 3 is 1.68 bits per heavy atom. The molecule has 0 aliphatic heterocycles. The van der Waals surface area contributed by atoms with Crippen molar-refractivity contribution in [2.24, 2.45) is 17.8 Å². The molecule has 102 valence electrons. The van der Waals surface area contributed by atoms with Crippen molar-refractivity contribution >= 4 is 14.6 Å². The topological polar surface area (TPSA) is 18.5 Å². The lowest BCUT2D eigenvalue weighted by atomic mass is 9.84. The van der Waals surface area contributed by atoms with Crippen LogP contribution >= 0.6 is 0 Å². The van der Waals surface area contributed by atoms with Crippen molar-refractivity contribution in [3.05, 3.63) is 48.6 Å². The van der Waals surface area contributed by atoms with Crippen LogP contribution in [0.25, 0.3) is 0 Å². The molecule has 19 heavy (non-hydrogen) atoms. The quantitative estimate of drug-likeness (QED) is 0.664. The molecule has 0 aromatic heterocycles. The molecule has 2 nitrogen and oxygen atoms in total. The molecule has 2 aliphatic carbocycles.